The van der Waals surface area contributed by atoms with Gasteiger partial charge in [0, 0.05) is 12.6 Å². The number of β-amino-alcohol motifs (C(OH)–C–C–N with tert-alkyl or cyclic N) is 1. The molecule has 0 aromatic carbocycles. The third kappa shape index (κ3) is 1.13. The zero-order valence-electron chi connectivity index (χ0n) is 5.14. The van der Waals surface area contributed by atoms with E-state index in [1.807, 2.05) is 13.8 Å². The van der Waals surface area contributed by atoms with Crippen molar-refractivity contribution in [2.24, 2.45) is 0 Å². The number of nitrogens with one attached hydrogen (secondary N) is 1. The number of hydrogen-bond acceptors (Lipinski definition) is 2. The topological polar surface area (TPSA) is 32.3 Å². The Bertz CT molecular complexity index is 84.5. The van der Waals surface area contributed by atoms with E-state index in [1.54, 1.807) is 0 Å². The Balaban J connectivity index is 0.000000490. The van der Waals surface area contributed by atoms with Crippen LogP contribution < -0.4 is 5.32 Å². The molecule has 2 nitrogen and oxygen atoms in total. The quantitative estimate of drug-likeness (QED) is 0.498. The second-order valence-electron chi connectivity index (χ2n) is 2.46. The van der Waals surface area contributed by atoms with Gasteiger partial charge in [-0.25, -0.2) is 0 Å². The molecule has 1 rings (SSSR count). The van der Waals surface area contributed by atoms with E-state index in [4.69, 9.17) is 5.11 Å². The van der Waals surface area contributed by atoms with Crippen LogP contribution in [0.25, 0.3) is 0 Å². The Hall–Kier alpha value is 0.210. The second kappa shape index (κ2) is 2.21. The SMILES string of the molecule is CC1NCC1(C)O.Cl. The molecule has 3 heteroatoms. The lowest BCUT2D eigenvalue weighted by molar-refractivity contribution is -0.0335. The van der Waals surface area contributed by atoms with Crippen LogP contribution in [-0.2, 0) is 0 Å². The van der Waals surface area contributed by atoms with E-state index in [9.17, 15) is 0 Å². The Labute approximate surface area is 55.7 Å². The van der Waals surface area contributed by atoms with Gasteiger partial charge in [0.05, 0.1) is 5.60 Å². The summed E-state index contributed by atoms with van der Waals surface area (Å²) in [6.45, 7) is 4.56. The summed E-state index contributed by atoms with van der Waals surface area (Å²) in [5.74, 6) is 0. The molecule has 2 N–H and O–H groups in total. The van der Waals surface area contributed by atoms with Gasteiger partial charge < -0.3 is 10.4 Å². The van der Waals surface area contributed by atoms with E-state index in [0.29, 0.717) is 0 Å². The fourth-order valence-electron chi connectivity index (χ4n) is 0.602. The predicted molar refractivity (Wildman–Crippen MR) is 35.3 cm³/mol. The summed E-state index contributed by atoms with van der Waals surface area (Å²) in [6.07, 6.45) is 0. The molecule has 1 saturated heterocycles. The monoisotopic (exact) mass is 137 g/mol. The van der Waals surface area contributed by atoms with Crippen LogP contribution in [0.5, 0.6) is 0 Å². The maximum absolute atomic E-state index is 9.12. The largest absolute Gasteiger partial charge is 0.387 e. The van der Waals surface area contributed by atoms with Crippen LogP contribution in [0.15, 0.2) is 0 Å². The molecular formula is C5H12ClNO. The minimum absolute atomic E-state index is 0. The lowest BCUT2D eigenvalue weighted by Crippen LogP contribution is -2.64. The Morgan fingerprint density at radius 3 is 2.12 bits per heavy atom. The molecule has 8 heavy (non-hydrogen) atoms. The highest BCUT2D eigenvalue weighted by Gasteiger charge is 2.36. The average molecular weight is 138 g/mol. The molecular weight excluding hydrogens is 126 g/mol. The summed E-state index contributed by atoms with van der Waals surface area (Å²) in [5, 5.41) is 12.2. The zero-order chi connectivity index (χ0) is 5.49. The fourth-order valence-corrected chi connectivity index (χ4v) is 0.602. The highest BCUT2D eigenvalue weighted by atomic mass is 35.5. The first-order chi connectivity index (χ1) is 3.13. The molecule has 2 unspecified atom stereocenters. The molecule has 0 aliphatic carbocycles. The van der Waals surface area contributed by atoms with Crippen LogP contribution in [0, 0.1) is 0 Å². The van der Waals surface area contributed by atoms with Crippen molar-refractivity contribution in [1.29, 1.82) is 0 Å². The van der Waals surface area contributed by atoms with Crippen molar-refractivity contribution < 1.29 is 5.11 Å². The van der Waals surface area contributed by atoms with E-state index in [0.717, 1.165) is 6.54 Å². The molecule has 0 bridgehead atoms. The van der Waals surface area contributed by atoms with Gasteiger partial charge in [-0.1, -0.05) is 0 Å². The number of halogens is 1. The molecule has 1 fully saturated rings. The third-order valence-electron chi connectivity index (χ3n) is 1.70. The summed E-state index contributed by atoms with van der Waals surface area (Å²) in [7, 11) is 0. The van der Waals surface area contributed by atoms with Gasteiger partial charge in [0.2, 0.25) is 0 Å². The van der Waals surface area contributed by atoms with Crippen LogP contribution in [0.3, 0.4) is 0 Å². The van der Waals surface area contributed by atoms with Gasteiger partial charge >= 0.3 is 0 Å². The predicted octanol–water partition coefficient (Wildman–Crippen LogP) is 0.151. The summed E-state index contributed by atoms with van der Waals surface area (Å²) < 4.78 is 0. The Morgan fingerprint density at radius 1 is 1.75 bits per heavy atom. The van der Waals surface area contributed by atoms with E-state index < -0.39 is 5.60 Å². The van der Waals surface area contributed by atoms with Crippen molar-refractivity contribution in [3.8, 4) is 0 Å². The molecule has 0 spiro atoms. The molecule has 1 aliphatic heterocycles. The molecule has 1 aliphatic rings. The summed E-state index contributed by atoms with van der Waals surface area (Å²) >= 11 is 0. The van der Waals surface area contributed by atoms with Crippen molar-refractivity contribution in [2.45, 2.75) is 25.5 Å². The summed E-state index contributed by atoms with van der Waals surface area (Å²) in [6, 6.07) is 0.285. The number of aliphatic hydroxyl groups is 1. The van der Waals surface area contributed by atoms with Crippen molar-refractivity contribution >= 4 is 12.4 Å². The van der Waals surface area contributed by atoms with Gasteiger partial charge in [-0.15, -0.1) is 12.4 Å². The first-order valence-corrected chi connectivity index (χ1v) is 2.59. The maximum atomic E-state index is 9.12. The molecule has 0 aromatic heterocycles. The van der Waals surface area contributed by atoms with Gasteiger partial charge in [-0.2, -0.15) is 0 Å². The maximum Gasteiger partial charge on any atom is 0.0892 e. The number of rotatable bonds is 0. The normalized spacial score (nSPS) is 44.6. The van der Waals surface area contributed by atoms with Crippen molar-refractivity contribution in [2.75, 3.05) is 6.54 Å². The van der Waals surface area contributed by atoms with Gasteiger partial charge in [0.15, 0.2) is 0 Å². The molecule has 1 heterocycles. The van der Waals surface area contributed by atoms with Crippen LogP contribution in [0.2, 0.25) is 0 Å². The second-order valence-corrected chi connectivity index (χ2v) is 2.46. The van der Waals surface area contributed by atoms with Crippen LogP contribution in [0.4, 0.5) is 0 Å². The highest BCUT2D eigenvalue weighted by Crippen LogP contribution is 2.16. The van der Waals surface area contributed by atoms with E-state index in [-0.39, 0.29) is 18.4 Å². The first kappa shape index (κ1) is 8.21. The Morgan fingerprint density at radius 2 is 2.12 bits per heavy atom. The van der Waals surface area contributed by atoms with Gasteiger partial charge in [-0.3, -0.25) is 0 Å². The van der Waals surface area contributed by atoms with Gasteiger partial charge in [0.25, 0.3) is 0 Å². The van der Waals surface area contributed by atoms with E-state index in [1.165, 1.54) is 0 Å². The van der Waals surface area contributed by atoms with Gasteiger partial charge in [-0.05, 0) is 13.8 Å². The molecule has 0 radical (unpaired) electrons. The van der Waals surface area contributed by atoms with Gasteiger partial charge in [0.1, 0.15) is 0 Å². The highest BCUT2D eigenvalue weighted by molar-refractivity contribution is 5.85. The summed E-state index contributed by atoms with van der Waals surface area (Å²) in [4.78, 5) is 0. The average Bonchev–Trinajstić information content (AvgIpc) is 1.63. The van der Waals surface area contributed by atoms with Crippen LogP contribution in [-0.4, -0.2) is 23.3 Å². The Kier molecular flexibility index (Phi) is 2.27. The van der Waals surface area contributed by atoms with Crippen LogP contribution in [0.1, 0.15) is 13.8 Å². The molecule has 0 saturated carbocycles. The molecule has 0 aromatic rings. The smallest absolute Gasteiger partial charge is 0.0892 e. The lowest BCUT2D eigenvalue weighted by Gasteiger charge is -2.41. The van der Waals surface area contributed by atoms with Crippen molar-refractivity contribution in [1.82, 2.24) is 5.32 Å². The van der Waals surface area contributed by atoms with Crippen molar-refractivity contribution in [3.63, 3.8) is 0 Å². The van der Waals surface area contributed by atoms with E-state index >= 15 is 0 Å². The first-order valence-electron chi connectivity index (χ1n) is 2.59. The molecule has 0 amide bonds. The molecule has 2 atom stereocenters. The minimum atomic E-state index is -0.431. The third-order valence-corrected chi connectivity index (χ3v) is 1.70. The zero-order valence-corrected chi connectivity index (χ0v) is 5.96. The fraction of sp³-hybridized carbons (Fsp3) is 1.00. The van der Waals surface area contributed by atoms with Crippen molar-refractivity contribution in [3.05, 3.63) is 0 Å². The number of hydrogen-bond donors (Lipinski definition) is 2. The van der Waals surface area contributed by atoms with E-state index in [2.05, 4.69) is 5.32 Å². The minimum Gasteiger partial charge on any atom is -0.387 e. The standard InChI is InChI=1S/C5H11NO.ClH/c1-4-5(2,7)3-6-4;/h4,6-7H,3H2,1-2H3;1H. The molecule has 50 valence electrons. The summed E-state index contributed by atoms with van der Waals surface area (Å²) in [5.41, 5.74) is -0.431. The van der Waals surface area contributed by atoms with Crippen LogP contribution >= 0.6 is 12.4 Å². The lowest BCUT2D eigenvalue weighted by atomic mass is 9.90.